The van der Waals surface area contributed by atoms with Gasteiger partial charge in [0.1, 0.15) is 11.5 Å². The number of ether oxygens (including phenoxy) is 2. The minimum Gasteiger partial charge on any atom is -0.497 e. The first-order chi connectivity index (χ1) is 12.6. The summed E-state index contributed by atoms with van der Waals surface area (Å²) in [5.41, 5.74) is 1.18. The maximum absolute atomic E-state index is 12.7. The van der Waals surface area contributed by atoms with E-state index in [1.54, 1.807) is 24.1 Å². The first-order valence-corrected chi connectivity index (χ1v) is 8.30. The van der Waals surface area contributed by atoms with Gasteiger partial charge in [0.05, 0.1) is 12.7 Å². The molecule has 1 heterocycles. The van der Waals surface area contributed by atoms with Crippen LogP contribution in [0.2, 0.25) is 0 Å². The molecule has 0 aliphatic carbocycles. The summed E-state index contributed by atoms with van der Waals surface area (Å²) in [5.74, 6) is 0.383. The lowest BCUT2D eigenvalue weighted by molar-refractivity contribution is -0.0502. The average Bonchev–Trinajstić information content (AvgIpc) is 2.67. The van der Waals surface area contributed by atoms with Crippen LogP contribution in [0.1, 0.15) is 10.4 Å². The fraction of sp³-hybridized carbons (Fsp3) is 0.316. The molecule has 26 heavy (non-hydrogen) atoms. The summed E-state index contributed by atoms with van der Waals surface area (Å²) in [6.45, 7) is -0.667. The van der Waals surface area contributed by atoms with E-state index in [-0.39, 0.29) is 17.2 Å². The van der Waals surface area contributed by atoms with Crippen molar-refractivity contribution in [3.05, 3.63) is 54.1 Å². The van der Waals surface area contributed by atoms with Crippen molar-refractivity contribution < 1.29 is 23.0 Å². The fourth-order valence-corrected chi connectivity index (χ4v) is 2.99. The number of alkyl halides is 2. The van der Waals surface area contributed by atoms with Crippen molar-refractivity contribution in [3.63, 3.8) is 0 Å². The maximum Gasteiger partial charge on any atom is 0.387 e. The third kappa shape index (κ3) is 4.04. The van der Waals surface area contributed by atoms with Crippen molar-refractivity contribution in [2.45, 2.75) is 6.61 Å². The fourth-order valence-electron chi connectivity index (χ4n) is 2.99. The van der Waals surface area contributed by atoms with Crippen LogP contribution in [0.4, 0.5) is 14.5 Å². The molecule has 7 heteroatoms. The van der Waals surface area contributed by atoms with E-state index in [1.165, 1.54) is 12.1 Å². The van der Waals surface area contributed by atoms with Crippen molar-refractivity contribution in [2.75, 3.05) is 38.2 Å². The Morgan fingerprint density at radius 3 is 2.46 bits per heavy atom. The van der Waals surface area contributed by atoms with Crippen LogP contribution in [0, 0.1) is 0 Å². The van der Waals surface area contributed by atoms with Gasteiger partial charge in [0.15, 0.2) is 0 Å². The molecule has 1 aliphatic heterocycles. The number of amides is 1. The van der Waals surface area contributed by atoms with Gasteiger partial charge < -0.3 is 19.3 Å². The number of rotatable bonds is 5. The molecule has 1 aliphatic rings. The first-order valence-electron chi connectivity index (χ1n) is 8.30. The second kappa shape index (κ2) is 8.03. The summed E-state index contributed by atoms with van der Waals surface area (Å²) in [7, 11) is 1.62. The topological polar surface area (TPSA) is 42.0 Å². The SMILES string of the molecule is COc1cccc(N2CCN(C(=O)c3ccccc3OC(F)F)CC2)c1. The second-order valence-electron chi connectivity index (χ2n) is 5.86. The summed E-state index contributed by atoms with van der Waals surface area (Å²) in [6.07, 6.45) is 0. The molecule has 5 nitrogen and oxygen atoms in total. The largest absolute Gasteiger partial charge is 0.497 e. The predicted molar refractivity (Wildman–Crippen MR) is 94.2 cm³/mol. The number of anilines is 1. The Labute approximate surface area is 150 Å². The van der Waals surface area contributed by atoms with E-state index in [0.717, 1.165) is 11.4 Å². The lowest BCUT2D eigenvalue weighted by Gasteiger charge is -2.36. The smallest absolute Gasteiger partial charge is 0.387 e. The van der Waals surface area contributed by atoms with Crippen LogP contribution < -0.4 is 14.4 Å². The summed E-state index contributed by atoms with van der Waals surface area (Å²) < 4.78 is 34.8. The van der Waals surface area contributed by atoms with Crippen LogP contribution in [0.3, 0.4) is 0 Å². The molecule has 3 rings (SSSR count). The number of halogens is 2. The molecule has 0 aromatic heterocycles. The summed E-state index contributed by atoms with van der Waals surface area (Å²) in [4.78, 5) is 16.5. The van der Waals surface area contributed by atoms with Gasteiger partial charge in [-0.05, 0) is 24.3 Å². The molecule has 1 saturated heterocycles. The third-order valence-corrected chi connectivity index (χ3v) is 4.32. The van der Waals surface area contributed by atoms with Gasteiger partial charge in [-0.2, -0.15) is 8.78 Å². The highest BCUT2D eigenvalue weighted by molar-refractivity contribution is 5.97. The Hall–Kier alpha value is -2.83. The zero-order valence-corrected chi connectivity index (χ0v) is 14.4. The zero-order chi connectivity index (χ0) is 18.5. The average molecular weight is 362 g/mol. The van der Waals surface area contributed by atoms with Crippen molar-refractivity contribution in [1.82, 2.24) is 4.90 Å². The third-order valence-electron chi connectivity index (χ3n) is 4.32. The number of hydrogen-bond acceptors (Lipinski definition) is 4. The summed E-state index contributed by atoms with van der Waals surface area (Å²) in [6, 6.07) is 13.8. The second-order valence-corrected chi connectivity index (χ2v) is 5.86. The Balaban J connectivity index is 1.67. The van der Waals surface area contributed by atoms with Gasteiger partial charge in [0, 0.05) is 37.9 Å². The van der Waals surface area contributed by atoms with Crippen molar-refractivity contribution in [2.24, 2.45) is 0 Å². The maximum atomic E-state index is 12.7. The predicted octanol–water partition coefficient (Wildman–Crippen LogP) is 3.26. The van der Waals surface area contributed by atoms with Gasteiger partial charge in [0.2, 0.25) is 0 Å². The van der Waals surface area contributed by atoms with E-state index in [4.69, 9.17) is 4.74 Å². The molecule has 0 bridgehead atoms. The number of hydrogen-bond donors (Lipinski definition) is 0. The first kappa shape index (κ1) is 18.0. The molecule has 2 aromatic rings. The lowest BCUT2D eigenvalue weighted by Crippen LogP contribution is -2.48. The molecule has 0 radical (unpaired) electrons. The number of para-hydroxylation sites is 1. The van der Waals surface area contributed by atoms with Crippen LogP contribution >= 0.6 is 0 Å². The highest BCUT2D eigenvalue weighted by Gasteiger charge is 2.25. The minimum absolute atomic E-state index is 0.0947. The van der Waals surface area contributed by atoms with Crippen LogP contribution in [0.25, 0.3) is 0 Å². The van der Waals surface area contributed by atoms with E-state index in [9.17, 15) is 13.6 Å². The Morgan fingerprint density at radius 2 is 1.77 bits per heavy atom. The number of carbonyl (C=O) groups is 1. The van der Waals surface area contributed by atoms with Gasteiger partial charge in [-0.1, -0.05) is 18.2 Å². The van der Waals surface area contributed by atoms with Crippen LogP contribution in [0.5, 0.6) is 11.5 Å². The normalized spacial score (nSPS) is 14.5. The highest BCUT2D eigenvalue weighted by atomic mass is 19.3. The molecule has 0 atom stereocenters. The van der Waals surface area contributed by atoms with Gasteiger partial charge in [0.25, 0.3) is 5.91 Å². The van der Waals surface area contributed by atoms with Crippen molar-refractivity contribution in [1.29, 1.82) is 0 Å². The molecule has 1 amide bonds. The number of methoxy groups -OCH3 is 1. The molecule has 0 spiro atoms. The van der Waals surface area contributed by atoms with E-state index in [1.807, 2.05) is 24.3 Å². The highest BCUT2D eigenvalue weighted by Crippen LogP contribution is 2.25. The van der Waals surface area contributed by atoms with E-state index < -0.39 is 6.61 Å². The molecule has 0 N–H and O–H groups in total. The molecule has 138 valence electrons. The Bertz CT molecular complexity index is 762. The van der Waals surface area contributed by atoms with E-state index in [2.05, 4.69) is 9.64 Å². The standard InChI is InChI=1S/C19H20F2N2O3/c1-25-15-6-4-5-14(13-15)22-9-11-23(12-10-22)18(24)16-7-2-3-8-17(16)26-19(20)21/h2-8,13,19H,9-12H2,1H3. The number of piperazine rings is 1. The lowest BCUT2D eigenvalue weighted by atomic mass is 10.1. The molecule has 0 saturated carbocycles. The molecule has 1 fully saturated rings. The zero-order valence-electron chi connectivity index (χ0n) is 14.4. The van der Waals surface area contributed by atoms with Gasteiger partial charge in [-0.25, -0.2) is 0 Å². The van der Waals surface area contributed by atoms with Gasteiger partial charge in [-0.15, -0.1) is 0 Å². The van der Waals surface area contributed by atoms with Crippen LogP contribution in [0.15, 0.2) is 48.5 Å². The Morgan fingerprint density at radius 1 is 1.04 bits per heavy atom. The number of carbonyl (C=O) groups excluding carboxylic acids is 1. The van der Waals surface area contributed by atoms with Gasteiger partial charge >= 0.3 is 6.61 Å². The summed E-state index contributed by atoms with van der Waals surface area (Å²) >= 11 is 0. The molecule has 0 unspecified atom stereocenters. The Kier molecular flexibility index (Phi) is 5.55. The van der Waals surface area contributed by atoms with E-state index >= 15 is 0 Å². The van der Waals surface area contributed by atoms with Crippen molar-refractivity contribution in [3.8, 4) is 11.5 Å². The summed E-state index contributed by atoms with van der Waals surface area (Å²) in [5, 5.41) is 0. The van der Waals surface area contributed by atoms with Crippen molar-refractivity contribution >= 4 is 11.6 Å². The molecule has 2 aromatic carbocycles. The van der Waals surface area contributed by atoms with Crippen LogP contribution in [-0.2, 0) is 0 Å². The minimum atomic E-state index is -2.96. The monoisotopic (exact) mass is 362 g/mol. The molecular formula is C19H20F2N2O3. The quantitative estimate of drug-likeness (QED) is 0.819. The van der Waals surface area contributed by atoms with Gasteiger partial charge in [-0.3, -0.25) is 4.79 Å². The number of benzene rings is 2. The van der Waals surface area contributed by atoms with Crippen LogP contribution in [-0.4, -0.2) is 50.7 Å². The van der Waals surface area contributed by atoms with E-state index in [0.29, 0.717) is 26.2 Å². The number of nitrogens with zero attached hydrogens (tertiary/aromatic N) is 2. The molecular weight excluding hydrogens is 342 g/mol.